The Balaban J connectivity index is 2.92. The number of nitriles is 1. The van der Waals surface area contributed by atoms with Crippen LogP contribution >= 0.6 is 0 Å². The normalized spacial score (nSPS) is 10.5. The zero-order valence-corrected chi connectivity index (χ0v) is 9.39. The first kappa shape index (κ1) is 12.5. The third-order valence-corrected chi connectivity index (χ3v) is 1.92. The lowest BCUT2D eigenvalue weighted by molar-refractivity contribution is -0.132. The molecule has 1 aromatic rings. The maximum Gasteiger partial charge on any atom is 0.369 e. The molecule has 17 heavy (non-hydrogen) atoms. The number of benzene rings is 1. The van der Waals surface area contributed by atoms with Crippen LogP contribution in [0.15, 0.2) is 23.3 Å². The molecule has 0 aliphatic carbocycles. The van der Waals surface area contributed by atoms with E-state index in [9.17, 15) is 9.90 Å². The molecule has 0 bridgehead atoms. The number of ether oxygens (including phenoxy) is 1. The van der Waals surface area contributed by atoms with Crippen molar-refractivity contribution in [2.75, 3.05) is 12.5 Å². The lowest BCUT2D eigenvalue weighted by atomic mass is 10.2. The summed E-state index contributed by atoms with van der Waals surface area (Å²) >= 11 is 0. The molecule has 0 radical (unpaired) electrons. The number of phenolic OH excluding ortho intramolecular Hbond substituents is 1. The Kier molecular flexibility index (Phi) is 4.06. The van der Waals surface area contributed by atoms with Crippen LogP contribution in [0.25, 0.3) is 0 Å². The quantitative estimate of drug-likeness (QED) is 0.353. The van der Waals surface area contributed by atoms with Gasteiger partial charge in [0.2, 0.25) is 5.71 Å². The number of carbonyl (C=O) groups excluding carboxylic acids is 1. The number of nitrogens with one attached hydrogen (secondary N) is 1. The molecule has 88 valence electrons. The first-order chi connectivity index (χ1) is 8.08. The number of nitrogens with zero attached hydrogens (tertiary/aromatic N) is 2. The monoisotopic (exact) mass is 233 g/mol. The van der Waals surface area contributed by atoms with E-state index in [0.29, 0.717) is 5.69 Å². The SMILES string of the molecule is COC(=O)/C(C#N)=N/Nc1cc(C)ccc1O. The van der Waals surface area contributed by atoms with Gasteiger partial charge in [0.05, 0.1) is 12.8 Å². The van der Waals surface area contributed by atoms with Gasteiger partial charge in [0, 0.05) is 0 Å². The van der Waals surface area contributed by atoms with Crippen molar-refractivity contribution >= 4 is 17.4 Å². The van der Waals surface area contributed by atoms with Crippen LogP contribution in [-0.2, 0) is 9.53 Å². The molecule has 0 aliphatic rings. The van der Waals surface area contributed by atoms with Gasteiger partial charge in [-0.3, -0.25) is 5.43 Å². The molecule has 6 nitrogen and oxygen atoms in total. The number of phenols is 1. The first-order valence-corrected chi connectivity index (χ1v) is 4.70. The summed E-state index contributed by atoms with van der Waals surface area (Å²) in [6, 6.07) is 6.42. The van der Waals surface area contributed by atoms with Gasteiger partial charge in [-0.2, -0.15) is 10.4 Å². The summed E-state index contributed by atoms with van der Waals surface area (Å²) in [5.74, 6) is -0.867. The Morgan fingerprint density at radius 2 is 2.29 bits per heavy atom. The Hall–Kier alpha value is -2.55. The average molecular weight is 233 g/mol. The Morgan fingerprint density at radius 1 is 1.59 bits per heavy atom. The molecular formula is C11H11N3O3. The van der Waals surface area contributed by atoms with Crippen LogP contribution in [0, 0.1) is 18.3 Å². The van der Waals surface area contributed by atoms with Crippen LogP contribution in [0.2, 0.25) is 0 Å². The molecule has 0 spiro atoms. The molecule has 0 fully saturated rings. The second kappa shape index (κ2) is 5.51. The number of hydrazone groups is 1. The smallest absolute Gasteiger partial charge is 0.369 e. The molecule has 0 atom stereocenters. The topological polar surface area (TPSA) is 94.7 Å². The van der Waals surface area contributed by atoms with Crippen molar-refractivity contribution in [2.45, 2.75) is 6.92 Å². The van der Waals surface area contributed by atoms with Crippen LogP contribution < -0.4 is 5.43 Å². The van der Waals surface area contributed by atoms with Crippen LogP contribution in [0.3, 0.4) is 0 Å². The van der Waals surface area contributed by atoms with E-state index < -0.39 is 11.7 Å². The van der Waals surface area contributed by atoms with Crippen molar-refractivity contribution < 1.29 is 14.6 Å². The van der Waals surface area contributed by atoms with E-state index in [2.05, 4.69) is 15.3 Å². The van der Waals surface area contributed by atoms with E-state index in [1.165, 1.54) is 6.07 Å². The van der Waals surface area contributed by atoms with Gasteiger partial charge in [-0.15, -0.1) is 0 Å². The lowest BCUT2D eigenvalue weighted by Gasteiger charge is -2.04. The van der Waals surface area contributed by atoms with Gasteiger partial charge in [0.1, 0.15) is 11.8 Å². The molecule has 2 N–H and O–H groups in total. The molecule has 0 saturated heterocycles. The van der Waals surface area contributed by atoms with Crippen molar-refractivity contribution in [3.8, 4) is 11.8 Å². The van der Waals surface area contributed by atoms with E-state index >= 15 is 0 Å². The second-order valence-electron chi connectivity index (χ2n) is 3.20. The lowest BCUT2D eigenvalue weighted by Crippen LogP contribution is -2.15. The van der Waals surface area contributed by atoms with Gasteiger partial charge in [-0.05, 0) is 24.6 Å². The highest BCUT2D eigenvalue weighted by molar-refractivity contribution is 6.43. The fraction of sp³-hybridized carbons (Fsp3) is 0.182. The summed E-state index contributed by atoms with van der Waals surface area (Å²) in [7, 11) is 1.15. The van der Waals surface area contributed by atoms with Gasteiger partial charge in [-0.1, -0.05) is 6.07 Å². The summed E-state index contributed by atoms with van der Waals surface area (Å²) in [4.78, 5) is 11.0. The molecule has 0 heterocycles. The van der Waals surface area contributed by atoms with Gasteiger partial charge < -0.3 is 9.84 Å². The van der Waals surface area contributed by atoms with E-state index in [1.807, 2.05) is 6.92 Å². The predicted molar refractivity (Wildman–Crippen MR) is 61.5 cm³/mol. The van der Waals surface area contributed by atoms with E-state index in [1.54, 1.807) is 18.2 Å². The first-order valence-electron chi connectivity index (χ1n) is 4.70. The standard InChI is InChI=1S/C11H11N3O3/c1-7-3-4-10(15)8(5-7)13-14-9(6-12)11(16)17-2/h3-5,13,15H,1-2H3/b14-9+. The number of rotatable bonds is 3. The third kappa shape index (κ3) is 3.21. The Morgan fingerprint density at radius 3 is 2.88 bits per heavy atom. The van der Waals surface area contributed by atoms with Gasteiger partial charge in [0.15, 0.2) is 0 Å². The zero-order chi connectivity index (χ0) is 12.8. The Bertz CT molecular complexity index is 503. The molecule has 0 aliphatic heterocycles. The van der Waals surface area contributed by atoms with Gasteiger partial charge in [0.25, 0.3) is 0 Å². The van der Waals surface area contributed by atoms with Crippen molar-refractivity contribution in [1.29, 1.82) is 5.26 Å². The maximum absolute atomic E-state index is 11.0. The minimum Gasteiger partial charge on any atom is -0.506 e. The van der Waals surface area contributed by atoms with Crippen molar-refractivity contribution in [2.24, 2.45) is 5.10 Å². The summed E-state index contributed by atoms with van der Waals surface area (Å²) < 4.78 is 4.35. The van der Waals surface area contributed by atoms with Crippen molar-refractivity contribution in [1.82, 2.24) is 0 Å². The molecular weight excluding hydrogens is 222 g/mol. The summed E-state index contributed by atoms with van der Waals surface area (Å²) in [6.07, 6.45) is 0. The van der Waals surface area contributed by atoms with E-state index in [-0.39, 0.29) is 5.75 Å². The number of aryl methyl sites for hydroxylation is 1. The molecule has 1 aromatic carbocycles. The minimum atomic E-state index is -0.841. The fourth-order valence-electron chi connectivity index (χ4n) is 1.07. The van der Waals surface area contributed by atoms with Gasteiger partial charge in [-0.25, -0.2) is 4.79 Å². The van der Waals surface area contributed by atoms with E-state index in [0.717, 1.165) is 12.7 Å². The zero-order valence-electron chi connectivity index (χ0n) is 9.39. The molecule has 0 unspecified atom stereocenters. The fourth-order valence-corrected chi connectivity index (χ4v) is 1.07. The molecule has 6 heteroatoms. The second-order valence-corrected chi connectivity index (χ2v) is 3.20. The number of carbonyl (C=O) groups is 1. The molecule has 0 amide bonds. The highest BCUT2D eigenvalue weighted by atomic mass is 16.5. The van der Waals surface area contributed by atoms with Crippen LogP contribution in [0.1, 0.15) is 5.56 Å². The summed E-state index contributed by atoms with van der Waals surface area (Å²) in [6.45, 7) is 1.83. The van der Waals surface area contributed by atoms with Gasteiger partial charge >= 0.3 is 5.97 Å². The predicted octanol–water partition coefficient (Wildman–Crippen LogP) is 1.17. The molecule has 0 saturated carbocycles. The maximum atomic E-state index is 11.0. The molecule has 1 rings (SSSR count). The summed E-state index contributed by atoms with van der Waals surface area (Å²) in [5.41, 5.74) is 3.22. The number of anilines is 1. The van der Waals surface area contributed by atoms with Crippen LogP contribution in [-0.4, -0.2) is 23.9 Å². The Labute approximate surface area is 98.1 Å². The number of hydrogen-bond acceptors (Lipinski definition) is 6. The van der Waals surface area contributed by atoms with Crippen molar-refractivity contribution in [3.05, 3.63) is 23.8 Å². The third-order valence-electron chi connectivity index (χ3n) is 1.92. The number of hydrogen-bond donors (Lipinski definition) is 2. The van der Waals surface area contributed by atoms with Crippen molar-refractivity contribution in [3.63, 3.8) is 0 Å². The minimum absolute atomic E-state index is 0.0264. The number of esters is 1. The summed E-state index contributed by atoms with van der Waals surface area (Å²) in [5, 5.41) is 21.7. The molecule has 0 aromatic heterocycles. The largest absolute Gasteiger partial charge is 0.506 e. The van der Waals surface area contributed by atoms with E-state index in [4.69, 9.17) is 5.26 Å². The van der Waals surface area contributed by atoms with Crippen LogP contribution in [0.4, 0.5) is 5.69 Å². The number of aromatic hydroxyl groups is 1. The number of methoxy groups -OCH3 is 1. The average Bonchev–Trinajstić information content (AvgIpc) is 2.33. The van der Waals surface area contributed by atoms with Crippen LogP contribution in [0.5, 0.6) is 5.75 Å². The highest BCUT2D eigenvalue weighted by Crippen LogP contribution is 2.23. The highest BCUT2D eigenvalue weighted by Gasteiger charge is 2.10.